The van der Waals surface area contributed by atoms with Gasteiger partial charge in [0, 0.05) is 24.5 Å². The van der Waals surface area contributed by atoms with E-state index in [0.717, 1.165) is 6.42 Å². The van der Waals surface area contributed by atoms with Crippen LogP contribution in [0.1, 0.15) is 24.7 Å². The number of ether oxygens (including phenoxy) is 2. The number of aryl methyl sites for hydroxylation is 1. The Labute approximate surface area is 154 Å². The van der Waals surface area contributed by atoms with Crippen LogP contribution >= 0.6 is 0 Å². The number of benzene rings is 1. The quantitative estimate of drug-likeness (QED) is 0.460. The zero-order valence-corrected chi connectivity index (χ0v) is 14.2. The number of allylic oxidation sites excluding steroid dienone is 1. The zero-order chi connectivity index (χ0) is 20.9. The lowest BCUT2D eigenvalue weighted by atomic mass is 10.2. The van der Waals surface area contributed by atoms with Crippen molar-refractivity contribution in [2.45, 2.75) is 32.1 Å². The van der Waals surface area contributed by atoms with Gasteiger partial charge in [0.15, 0.2) is 17.4 Å². The number of aromatic nitrogens is 2. The molecule has 0 bridgehead atoms. The van der Waals surface area contributed by atoms with Gasteiger partial charge in [-0.3, -0.25) is 0 Å². The third-order valence-electron chi connectivity index (χ3n) is 3.17. The molecule has 0 saturated heterocycles. The van der Waals surface area contributed by atoms with Crippen LogP contribution in [0.25, 0.3) is 0 Å². The lowest BCUT2D eigenvalue weighted by Gasteiger charge is -2.17. The van der Waals surface area contributed by atoms with Gasteiger partial charge in [-0.25, -0.2) is 18.7 Å². The van der Waals surface area contributed by atoms with Crippen LogP contribution in [0.4, 0.5) is 30.7 Å². The summed E-state index contributed by atoms with van der Waals surface area (Å²) in [5.41, 5.74) is 0.618. The van der Waals surface area contributed by atoms with Crippen LogP contribution in [0.3, 0.4) is 0 Å². The molecule has 0 spiro atoms. The SMILES string of the molecule is CCCc1cnc(C(F)(F)Oc2cc(F)c(O/C=C/C(F)(F)F)c(F)c2)nc1. The van der Waals surface area contributed by atoms with E-state index in [1.807, 2.05) is 6.92 Å². The third-order valence-corrected chi connectivity index (χ3v) is 3.17. The van der Waals surface area contributed by atoms with E-state index in [1.165, 1.54) is 12.4 Å². The molecule has 2 rings (SSSR count). The average molecular weight is 410 g/mol. The van der Waals surface area contributed by atoms with Crippen LogP contribution in [0.15, 0.2) is 36.9 Å². The van der Waals surface area contributed by atoms with Crippen molar-refractivity contribution in [1.82, 2.24) is 9.97 Å². The molecule has 11 heteroatoms. The Bertz CT molecular complexity index is 813. The van der Waals surface area contributed by atoms with E-state index >= 15 is 0 Å². The highest BCUT2D eigenvalue weighted by atomic mass is 19.4. The van der Waals surface area contributed by atoms with Crippen LogP contribution in [-0.2, 0) is 12.5 Å². The molecule has 1 aromatic heterocycles. The first-order valence-electron chi connectivity index (χ1n) is 7.80. The fourth-order valence-corrected chi connectivity index (χ4v) is 2.00. The molecule has 2 aromatic rings. The molecule has 0 unspecified atom stereocenters. The number of hydrogen-bond donors (Lipinski definition) is 0. The minimum atomic E-state index is -4.76. The Morgan fingerprint density at radius 2 is 1.57 bits per heavy atom. The molecule has 0 aliphatic heterocycles. The van der Waals surface area contributed by atoms with Gasteiger partial charge in [-0.05, 0) is 12.0 Å². The molecule has 1 aromatic carbocycles. The summed E-state index contributed by atoms with van der Waals surface area (Å²) in [7, 11) is 0. The lowest BCUT2D eigenvalue weighted by molar-refractivity contribution is -0.192. The fourth-order valence-electron chi connectivity index (χ4n) is 2.00. The first-order chi connectivity index (χ1) is 13.0. The van der Waals surface area contributed by atoms with Crippen molar-refractivity contribution in [1.29, 1.82) is 0 Å². The number of nitrogens with zero attached hydrogens (tertiary/aromatic N) is 2. The Kier molecular flexibility index (Phi) is 6.47. The second-order valence-corrected chi connectivity index (χ2v) is 5.46. The average Bonchev–Trinajstić information content (AvgIpc) is 2.57. The number of halogens is 7. The van der Waals surface area contributed by atoms with Gasteiger partial charge in [0.25, 0.3) is 0 Å². The van der Waals surface area contributed by atoms with Crippen LogP contribution in [0.5, 0.6) is 11.5 Å². The maximum Gasteiger partial charge on any atom is 0.462 e. The van der Waals surface area contributed by atoms with Gasteiger partial charge in [0.2, 0.25) is 5.82 Å². The predicted molar refractivity (Wildman–Crippen MR) is 82.7 cm³/mol. The topological polar surface area (TPSA) is 44.2 Å². The highest BCUT2D eigenvalue weighted by Gasteiger charge is 2.39. The molecule has 0 saturated carbocycles. The minimum absolute atomic E-state index is 0.0162. The second kappa shape index (κ2) is 8.44. The van der Waals surface area contributed by atoms with Crippen molar-refractivity contribution >= 4 is 0 Å². The van der Waals surface area contributed by atoms with Gasteiger partial charge in [0.1, 0.15) is 5.75 Å². The van der Waals surface area contributed by atoms with Gasteiger partial charge in [0.05, 0.1) is 12.3 Å². The van der Waals surface area contributed by atoms with E-state index in [9.17, 15) is 30.7 Å². The molecule has 0 amide bonds. The van der Waals surface area contributed by atoms with E-state index in [1.54, 1.807) is 0 Å². The molecule has 152 valence electrons. The summed E-state index contributed by atoms with van der Waals surface area (Å²) in [6.07, 6.45) is -5.57. The van der Waals surface area contributed by atoms with Gasteiger partial charge >= 0.3 is 12.3 Å². The summed E-state index contributed by atoms with van der Waals surface area (Å²) in [6, 6.07) is 0.665. The Morgan fingerprint density at radius 1 is 1.00 bits per heavy atom. The summed E-state index contributed by atoms with van der Waals surface area (Å²) < 4.78 is 100. The highest BCUT2D eigenvalue weighted by molar-refractivity contribution is 5.35. The van der Waals surface area contributed by atoms with Crippen molar-refractivity contribution in [3.8, 4) is 11.5 Å². The lowest BCUT2D eigenvalue weighted by Crippen LogP contribution is -2.25. The van der Waals surface area contributed by atoms with Gasteiger partial charge in [-0.2, -0.15) is 22.0 Å². The van der Waals surface area contributed by atoms with E-state index in [4.69, 9.17) is 0 Å². The Hall–Kier alpha value is -2.85. The number of rotatable bonds is 7. The molecule has 28 heavy (non-hydrogen) atoms. The van der Waals surface area contributed by atoms with Crippen molar-refractivity contribution in [2.75, 3.05) is 0 Å². The summed E-state index contributed by atoms with van der Waals surface area (Å²) in [5, 5.41) is 0. The van der Waals surface area contributed by atoms with Crippen LogP contribution in [-0.4, -0.2) is 16.1 Å². The van der Waals surface area contributed by atoms with E-state index in [-0.39, 0.29) is 6.26 Å². The maximum absolute atomic E-state index is 14.1. The summed E-state index contributed by atoms with van der Waals surface area (Å²) in [4.78, 5) is 6.95. The molecule has 0 aliphatic carbocycles. The zero-order valence-electron chi connectivity index (χ0n) is 14.2. The van der Waals surface area contributed by atoms with E-state index in [0.29, 0.717) is 24.1 Å². The monoisotopic (exact) mass is 410 g/mol. The Balaban J connectivity index is 2.18. The predicted octanol–water partition coefficient (Wildman–Crippen LogP) is 5.29. The second-order valence-electron chi connectivity index (χ2n) is 5.46. The number of hydrogen-bond acceptors (Lipinski definition) is 4. The molecule has 0 radical (unpaired) electrons. The van der Waals surface area contributed by atoms with Crippen molar-refractivity contribution in [2.24, 2.45) is 0 Å². The van der Waals surface area contributed by atoms with Crippen LogP contribution in [0, 0.1) is 11.6 Å². The molecule has 0 atom stereocenters. The van der Waals surface area contributed by atoms with Gasteiger partial charge in [-0.15, -0.1) is 0 Å². The van der Waals surface area contributed by atoms with Crippen molar-refractivity contribution < 1.29 is 40.2 Å². The fraction of sp³-hybridized carbons (Fsp3) is 0.294. The molecule has 0 N–H and O–H groups in total. The molecular formula is C17H13F7N2O2. The summed E-state index contributed by atoms with van der Waals surface area (Å²) in [5.74, 6) is -6.26. The Morgan fingerprint density at radius 3 is 2.07 bits per heavy atom. The molecule has 1 heterocycles. The van der Waals surface area contributed by atoms with Crippen LogP contribution < -0.4 is 9.47 Å². The van der Waals surface area contributed by atoms with Gasteiger partial charge < -0.3 is 9.47 Å². The molecular weight excluding hydrogens is 397 g/mol. The largest absolute Gasteiger partial charge is 0.462 e. The molecule has 0 aliphatic rings. The van der Waals surface area contributed by atoms with Crippen molar-refractivity contribution in [3.63, 3.8) is 0 Å². The smallest absolute Gasteiger partial charge is 0.459 e. The first-order valence-corrected chi connectivity index (χ1v) is 7.80. The van der Waals surface area contributed by atoms with Crippen LogP contribution in [0.2, 0.25) is 0 Å². The van der Waals surface area contributed by atoms with E-state index in [2.05, 4.69) is 19.4 Å². The van der Waals surface area contributed by atoms with Gasteiger partial charge in [-0.1, -0.05) is 13.3 Å². The number of alkyl halides is 5. The molecule has 4 nitrogen and oxygen atoms in total. The normalized spacial score (nSPS) is 12.4. The van der Waals surface area contributed by atoms with E-state index < -0.39 is 47.3 Å². The molecule has 0 fully saturated rings. The summed E-state index contributed by atoms with van der Waals surface area (Å²) in [6.45, 7) is 1.88. The van der Waals surface area contributed by atoms with Crippen molar-refractivity contribution in [3.05, 3.63) is 59.9 Å². The first kappa shape index (κ1) is 21.5. The maximum atomic E-state index is 14.1. The summed E-state index contributed by atoms with van der Waals surface area (Å²) >= 11 is 0. The third kappa shape index (κ3) is 5.83. The highest BCUT2D eigenvalue weighted by Crippen LogP contribution is 2.33. The minimum Gasteiger partial charge on any atom is -0.459 e. The standard InChI is InChI=1S/C17H13F7N2O2/c1-2-3-10-8-25-15(26-9-10)17(23,24)28-11-6-12(18)14(13(19)7-11)27-5-4-16(20,21)22/h4-9H,2-3H2,1H3/b5-4+.